The molecule has 3 aromatic rings. The van der Waals surface area contributed by atoms with E-state index in [4.69, 9.17) is 0 Å². The standard InChI is InChI=1S/C16H11N5O2/c17-9-11(16-19-14-6-1-2-7-15(14)20-16)10-18-12-4-3-5-13(8-12)21(22)23/h1-8,10,18H,(H,19,20). The normalized spacial score (nSPS) is 11.2. The van der Waals surface area contributed by atoms with Crippen molar-refractivity contribution in [3.8, 4) is 6.07 Å². The molecule has 3 rings (SSSR count). The molecule has 7 nitrogen and oxygen atoms in total. The van der Waals surface area contributed by atoms with E-state index >= 15 is 0 Å². The average Bonchev–Trinajstić information content (AvgIpc) is 2.99. The highest BCUT2D eigenvalue weighted by molar-refractivity contribution is 5.82. The molecule has 112 valence electrons. The van der Waals surface area contributed by atoms with Gasteiger partial charge in [-0.3, -0.25) is 10.1 Å². The van der Waals surface area contributed by atoms with Crippen LogP contribution in [0.1, 0.15) is 5.82 Å². The predicted octanol–water partition coefficient (Wildman–Crippen LogP) is 3.45. The van der Waals surface area contributed by atoms with Crippen LogP contribution in [0.3, 0.4) is 0 Å². The van der Waals surface area contributed by atoms with Gasteiger partial charge in [0, 0.05) is 24.0 Å². The van der Waals surface area contributed by atoms with Crippen LogP contribution >= 0.6 is 0 Å². The molecule has 0 spiro atoms. The maximum absolute atomic E-state index is 10.8. The Morgan fingerprint density at radius 2 is 2.13 bits per heavy atom. The average molecular weight is 305 g/mol. The summed E-state index contributed by atoms with van der Waals surface area (Å²) in [6, 6.07) is 15.6. The summed E-state index contributed by atoms with van der Waals surface area (Å²) in [6.45, 7) is 0. The van der Waals surface area contributed by atoms with Crippen molar-refractivity contribution in [3.05, 3.63) is 70.7 Å². The molecule has 0 unspecified atom stereocenters. The lowest BCUT2D eigenvalue weighted by Gasteiger charge is -2.01. The third-order valence-corrected chi connectivity index (χ3v) is 3.21. The maximum Gasteiger partial charge on any atom is 0.271 e. The number of hydrogen-bond donors (Lipinski definition) is 2. The Bertz CT molecular complexity index is 919. The highest BCUT2D eigenvalue weighted by Crippen LogP contribution is 2.19. The summed E-state index contributed by atoms with van der Waals surface area (Å²) in [4.78, 5) is 17.7. The zero-order chi connectivity index (χ0) is 16.2. The van der Waals surface area contributed by atoms with Gasteiger partial charge in [-0.25, -0.2) is 4.98 Å². The molecular formula is C16H11N5O2. The van der Waals surface area contributed by atoms with Gasteiger partial charge in [0.05, 0.1) is 16.0 Å². The van der Waals surface area contributed by atoms with Crippen LogP contribution in [0.25, 0.3) is 16.6 Å². The van der Waals surface area contributed by atoms with Crippen LogP contribution in [0.15, 0.2) is 54.7 Å². The number of allylic oxidation sites excluding steroid dienone is 1. The van der Waals surface area contributed by atoms with Crippen LogP contribution in [0.5, 0.6) is 0 Å². The van der Waals surface area contributed by atoms with Crippen molar-refractivity contribution in [2.45, 2.75) is 0 Å². The first-order chi connectivity index (χ1) is 11.2. The number of aromatic nitrogens is 2. The number of nitrogens with one attached hydrogen (secondary N) is 2. The number of hydrogen-bond acceptors (Lipinski definition) is 5. The zero-order valence-electron chi connectivity index (χ0n) is 11.9. The molecule has 0 bridgehead atoms. The van der Waals surface area contributed by atoms with Gasteiger partial charge in [0.15, 0.2) is 5.82 Å². The molecular weight excluding hydrogens is 294 g/mol. The van der Waals surface area contributed by atoms with Crippen LogP contribution in [0.2, 0.25) is 0 Å². The van der Waals surface area contributed by atoms with E-state index in [0.29, 0.717) is 17.1 Å². The van der Waals surface area contributed by atoms with Crippen LogP contribution in [-0.4, -0.2) is 14.9 Å². The minimum atomic E-state index is -0.473. The molecule has 1 heterocycles. The Balaban J connectivity index is 1.89. The van der Waals surface area contributed by atoms with Crippen molar-refractivity contribution in [1.82, 2.24) is 9.97 Å². The van der Waals surface area contributed by atoms with Gasteiger partial charge in [0.2, 0.25) is 0 Å². The van der Waals surface area contributed by atoms with E-state index in [2.05, 4.69) is 21.4 Å². The molecule has 0 saturated carbocycles. The molecule has 1 aromatic heterocycles. The summed E-state index contributed by atoms with van der Waals surface area (Å²) in [6.07, 6.45) is 1.47. The Morgan fingerprint density at radius 3 is 2.87 bits per heavy atom. The van der Waals surface area contributed by atoms with Gasteiger partial charge in [-0.2, -0.15) is 5.26 Å². The molecule has 0 radical (unpaired) electrons. The van der Waals surface area contributed by atoms with E-state index in [0.717, 1.165) is 11.0 Å². The number of imidazole rings is 1. The van der Waals surface area contributed by atoms with Crippen molar-refractivity contribution in [1.29, 1.82) is 5.26 Å². The lowest BCUT2D eigenvalue weighted by Crippen LogP contribution is -1.94. The first-order valence-corrected chi connectivity index (χ1v) is 6.74. The van der Waals surface area contributed by atoms with E-state index in [1.807, 2.05) is 24.3 Å². The van der Waals surface area contributed by atoms with Crippen LogP contribution in [0.4, 0.5) is 11.4 Å². The van der Waals surface area contributed by atoms with E-state index in [1.165, 1.54) is 18.3 Å². The number of benzene rings is 2. The van der Waals surface area contributed by atoms with Crippen molar-refractivity contribution in [2.75, 3.05) is 5.32 Å². The number of anilines is 1. The fraction of sp³-hybridized carbons (Fsp3) is 0. The Kier molecular flexibility index (Phi) is 3.72. The lowest BCUT2D eigenvalue weighted by molar-refractivity contribution is -0.384. The van der Waals surface area contributed by atoms with Crippen molar-refractivity contribution in [2.24, 2.45) is 0 Å². The van der Waals surface area contributed by atoms with Gasteiger partial charge in [0.1, 0.15) is 11.6 Å². The highest BCUT2D eigenvalue weighted by atomic mass is 16.6. The van der Waals surface area contributed by atoms with Gasteiger partial charge < -0.3 is 10.3 Å². The van der Waals surface area contributed by atoms with Gasteiger partial charge >= 0.3 is 0 Å². The molecule has 0 aliphatic carbocycles. The van der Waals surface area contributed by atoms with Crippen LogP contribution < -0.4 is 5.32 Å². The Hall–Kier alpha value is -3.66. The maximum atomic E-state index is 10.8. The number of fused-ring (bicyclic) bond motifs is 1. The van der Waals surface area contributed by atoms with Crippen LogP contribution in [-0.2, 0) is 0 Å². The van der Waals surface area contributed by atoms with Gasteiger partial charge in [-0.1, -0.05) is 18.2 Å². The number of H-pyrrole nitrogens is 1. The second kappa shape index (κ2) is 5.99. The SMILES string of the molecule is N#CC(=CNc1cccc([N+](=O)[O-])c1)c1nc2ccccc2[nH]1. The fourth-order valence-corrected chi connectivity index (χ4v) is 2.10. The van der Waals surface area contributed by atoms with Gasteiger partial charge in [-0.15, -0.1) is 0 Å². The molecule has 0 aliphatic rings. The number of nitriles is 1. The van der Waals surface area contributed by atoms with E-state index in [-0.39, 0.29) is 5.69 Å². The summed E-state index contributed by atoms with van der Waals surface area (Å²) in [5.41, 5.74) is 2.39. The summed E-state index contributed by atoms with van der Waals surface area (Å²) < 4.78 is 0. The molecule has 0 amide bonds. The number of rotatable bonds is 4. The van der Waals surface area contributed by atoms with Crippen molar-refractivity contribution in [3.63, 3.8) is 0 Å². The first-order valence-electron chi connectivity index (χ1n) is 6.74. The van der Waals surface area contributed by atoms with E-state index in [9.17, 15) is 15.4 Å². The van der Waals surface area contributed by atoms with Crippen LogP contribution in [0, 0.1) is 21.4 Å². The van der Waals surface area contributed by atoms with Crippen molar-refractivity contribution < 1.29 is 4.92 Å². The number of para-hydroxylation sites is 2. The van der Waals surface area contributed by atoms with Gasteiger partial charge in [-0.05, 0) is 18.2 Å². The number of nitro groups is 1. The minimum Gasteiger partial charge on any atom is -0.360 e. The third kappa shape index (κ3) is 3.01. The molecule has 0 fully saturated rings. The second-order valence-electron chi connectivity index (χ2n) is 4.72. The van der Waals surface area contributed by atoms with E-state index < -0.39 is 4.92 Å². The highest BCUT2D eigenvalue weighted by Gasteiger charge is 2.08. The largest absolute Gasteiger partial charge is 0.360 e. The summed E-state index contributed by atoms with van der Waals surface area (Å²) >= 11 is 0. The molecule has 0 aliphatic heterocycles. The zero-order valence-corrected chi connectivity index (χ0v) is 11.9. The Morgan fingerprint density at radius 1 is 1.30 bits per heavy atom. The van der Waals surface area contributed by atoms with E-state index in [1.54, 1.807) is 12.1 Å². The summed E-state index contributed by atoms with van der Waals surface area (Å²) in [5.74, 6) is 0.437. The fourth-order valence-electron chi connectivity index (χ4n) is 2.10. The molecule has 0 saturated heterocycles. The first kappa shape index (κ1) is 14.3. The molecule has 0 atom stereocenters. The Labute approximate surface area is 131 Å². The summed E-state index contributed by atoms with van der Waals surface area (Å²) in [5, 5.41) is 22.9. The predicted molar refractivity (Wildman–Crippen MR) is 86.4 cm³/mol. The molecule has 23 heavy (non-hydrogen) atoms. The van der Waals surface area contributed by atoms with Crippen molar-refractivity contribution >= 4 is 28.0 Å². The third-order valence-electron chi connectivity index (χ3n) is 3.21. The summed E-state index contributed by atoms with van der Waals surface area (Å²) in [7, 11) is 0. The van der Waals surface area contributed by atoms with Gasteiger partial charge in [0.25, 0.3) is 5.69 Å². The topological polar surface area (TPSA) is 108 Å². The molecule has 2 N–H and O–H groups in total. The minimum absolute atomic E-state index is 0.0226. The number of non-ortho nitro benzene ring substituents is 1. The molecule has 2 aromatic carbocycles. The molecule has 7 heteroatoms. The number of nitrogens with zero attached hydrogens (tertiary/aromatic N) is 3. The smallest absolute Gasteiger partial charge is 0.271 e. The second-order valence-corrected chi connectivity index (χ2v) is 4.72. The lowest BCUT2D eigenvalue weighted by atomic mass is 10.2. The monoisotopic (exact) mass is 305 g/mol. The quantitative estimate of drug-likeness (QED) is 0.436. The number of nitro benzene ring substituents is 1. The number of aromatic amines is 1.